The van der Waals surface area contributed by atoms with Gasteiger partial charge in [0.05, 0.1) is 7.11 Å². The van der Waals surface area contributed by atoms with E-state index in [2.05, 4.69) is 21.7 Å². The van der Waals surface area contributed by atoms with E-state index >= 15 is 0 Å². The Morgan fingerprint density at radius 2 is 1.93 bits per heavy atom. The van der Waals surface area contributed by atoms with Crippen molar-refractivity contribution < 1.29 is 21.7 Å². The lowest BCUT2D eigenvalue weighted by Crippen LogP contribution is -2.30. The fraction of sp³-hybridized carbons (Fsp3) is 0.375. The van der Waals surface area contributed by atoms with Gasteiger partial charge in [-0.3, -0.25) is 4.18 Å². The fourth-order valence-electron chi connectivity index (χ4n) is 0.609. The predicted molar refractivity (Wildman–Crippen MR) is 49.1 cm³/mol. The van der Waals surface area contributed by atoms with E-state index in [0.29, 0.717) is 0 Å². The molecule has 14 heavy (non-hydrogen) atoms. The van der Waals surface area contributed by atoms with Crippen LogP contribution >= 0.6 is 0 Å². The molecule has 1 aromatic heterocycles. The van der Waals surface area contributed by atoms with Gasteiger partial charge in [-0.05, 0) is 0 Å². The first-order valence-electron chi connectivity index (χ1n) is 3.79. The molecule has 0 aliphatic rings. The van der Waals surface area contributed by atoms with Crippen molar-refractivity contribution in [1.29, 1.82) is 0 Å². The summed E-state index contributed by atoms with van der Waals surface area (Å²) in [7, 11) is -1.57. The molecular formula is C8H13NO4S. The van der Waals surface area contributed by atoms with Gasteiger partial charge in [-0.15, -0.1) is 0 Å². The van der Waals surface area contributed by atoms with Crippen LogP contribution in [0.3, 0.4) is 0 Å². The first-order chi connectivity index (χ1) is 6.37. The van der Waals surface area contributed by atoms with E-state index in [-0.39, 0.29) is 0 Å². The Kier molecular flexibility index (Phi) is 5.29. The Labute approximate surface area is 83.9 Å². The van der Waals surface area contributed by atoms with Crippen LogP contribution in [0, 0.1) is 6.92 Å². The molecule has 6 heteroatoms. The summed E-state index contributed by atoms with van der Waals surface area (Å²) >= 11 is 0. The van der Waals surface area contributed by atoms with Gasteiger partial charge in [0, 0.05) is 19.1 Å². The number of nitrogens with zero attached hydrogens (tertiary/aromatic N) is 1. The quantitative estimate of drug-likeness (QED) is 0.376. The summed E-state index contributed by atoms with van der Waals surface area (Å²) in [5, 5.41) is 0. The Morgan fingerprint density at radius 1 is 1.43 bits per heavy atom. The standard InChI is InChI=1S/C7H10N.CH4O4S/c1-7-5-3-4-6-8(7)2;1-5-6(2,3)4/h3-6H,1-2H3;1H3,(H,2,3,4)/q+1;/p-1. The van der Waals surface area contributed by atoms with Crippen molar-refractivity contribution >= 4 is 10.4 Å². The lowest BCUT2D eigenvalue weighted by Gasteiger charge is -1.98. The Morgan fingerprint density at radius 3 is 2.14 bits per heavy atom. The first kappa shape index (κ1) is 13.0. The predicted octanol–water partition coefficient (Wildman–Crippen LogP) is -0.0875. The maximum Gasteiger partial charge on any atom is 0.217 e. The van der Waals surface area contributed by atoms with Gasteiger partial charge in [-0.2, -0.15) is 0 Å². The highest BCUT2D eigenvalue weighted by molar-refractivity contribution is 7.80. The lowest BCUT2D eigenvalue weighted by atomic mass is 10.4. The molecule has 0 N–H and O–H groups in total. The molecule has 1 heterocycles. The molecule has 0 aromatic carbocycles. The van der Waals surface area contributed by atoms with E-state index in [1.807, 2.05) is 25.4 Å². The van der Waals surface area contributed by atoms with Crippen molar-refractivity contribution in [3.8, 4) is 0 Å². The second kappa shape index (κ2) is 5.69. The number of hydrogen-bond donors (Lipinski definition) is 0. The molecule has 0 radical (unpaired) electrons. The van der Waals surface area contributed by atoms with Crippen LogP contribution in [0.1, 0.15) is 5.69 Å². The highest BCUT2D eigenvalue weighted by Gasteiger charge is 1.91. The fourth-order valence-corrected chi connectivity index (χ4v) is 0.609. The summed E-state index contributed by atoms with van der Waals surface area (Å²) in [4.78, 5) is 0. The number of aromatic nitrogens is 1. The Balaban J connectivity index is 0.000000255. The SMILES string of the molecule is COS(=O)(=O)[O-].Cc1cccc[n+]1C. The summed E-state index contributed by atoms with van der Waals surface area (Å²) in [6.45, 7) is 2.08. The van der Waals surface area contributed by atoms with Crippen molar-refractivity contribution in [2.24, 2.45) is 7.05 Å². The van der Waals surface area contributed by atoms with Crippen molar-refractivity contribution in [2.75, 3.05) is 7.11 Å². The average molecular weight is 219 g/mol. The number of pyridine rings is 1. The second-order valence-electron chi connectivity index (χ2n) is 2.53. The van der Waals surface area contributed by atoms with Crippen LogP contribution in [-0.2, 0) is 21.6 Å². The highest BCUT2D eigenvalue weighted by Crippen LogP contribution is 1.83. The van der Waals surface area contributed by atoms with E-state index in [1.54, 1.807) is 0 Å². The van der Waals surface area contributed by atoms with Gasteiger partial charge in [-0.1, -0.05) is 6.07 Å². The third kappa shape index (κ3) is 6.53. The molecule has 0 unspecified atom stereocenters. The van der Waals surface area contributed by atoms with E-state index in [4.69, 9.17) is 0 Å². The van der Waals surface area contributed by atoms with Gasteiger partial charge in [0.2, 0.25) is 10.4 Å². The molecule has 0 aliphatic carbocycles. The van der Waals surface area contributed by atoms with Crippen molar-refractivity contribution in [3.05, 3.63) is 30.1 Å². The zero-order valence-electron chi connectivity index (χ0n) is 8.30. The van der Waals surface area contributed by atoms with E-state index in [0.717, 1.165) is 7.11 Å². The van der Waals surface area contributed by atoms with Crippen LogP contribution in [0.25, 0.3) is 0 Å². The number of rotatable bonds is 1. The molecule has 0 saturated heterocycles. The zero-order chi connectivity index (χ0) is 11.2. The third-order valence-corrected chi connectivity index (χ3v) is 1.93. The molecule has 0 amide bonds. The topological polar surface area (TPSA) is 70.3 Å². The van der Waals surface area contributed by atoms with Crippen LogP contribution in [0.2, 0.25) is 0 Å². The van der Waals surface area contributed by atoms with Crippen LogP contribution in [0.15, 0.2) is 24.4 Å². The van der Waals surface area contributed by atoms with E-state index in [1.165, 1.54) is 5.69 Å². The molecule has 0 spiro atoms. The number of hydrogen-bond acceptors (Lipinski definition) is 4. The van der Waals surface area contributed by atoms with Crippen LogP contribution in [0.4, 0.5) is 0 Å². The molecular weight excluding hydrogens is 206 g/mol. The average Bonchev–Trinajstić information content (AvgIpc) is 2.10. The first-order valence-corrected chi connectivity index (χ1v) is 5.13. The molecule has 1 rings (SSSR count). The second-order valence-corrected chi connectivity index (χ2v) is 3.68. The molecule has 80 valence electrons. The summed E-state index contributed by atoms with van der Waals surface area (Å²) in [5.41, 5.74) is 1.28. The van der Waals surface area contributed by atoms with Crippen molar-refractivity contribution in [3.63, 3.8) is 0 Å². The van der Waals surface area contributed by atoms with Gasteiger partial charge >= 0.3 is 0 Å². The Bertz CT molecular complexity index is 354. The highest BCUT2D eigenvalue weighted by atomic mass is 32.3. The molecule has 0 saturated carbocycles. The monoisotopic (exact) mass is 219 g/mol. The largest absolute Gasteiger partial charge is 0.726 e. The molecule has 0 fully saturated rings. The lowest BCUT2D eigenvalue weighted by molar-refractivity contribution is -0.677. The van der Waals surface area contributed by atoms with Gasteiger partial charge in [0.1, 0.15) is 7.05 Å². The number of aryl methyl sites for hydroxylation is 2. The molecule has 1 aromatic rings. The summed E-state index contributed by atoms with van der Waals surface area (Å²) < 4.78 is 33.1. The molecule has 0 bridgehead atoms. The minimum Gasteiger partial charge on any atom is -0.726 e. The smallest absolute Gasteiger partial charge is 0.217 e. The summed E-state index contributed by atoms with van der Waals surface area (Å²) in [5.74, 6) is 0. The van der Waals surface area contributed by atoms with Crippen molar-refractivity contribution in [2.45, 2.75) is 6.92 Å². The van der Waals surface area contributed by atoms with Crippen LogP contribution in [-0.4, -0.2) is 20.1 Å². The molecule has 0 aliphatic heterocycles. The van der Waals surface area contributed by atoms with Gasteiger partial charge in [-0.25, -0.2) is 13.0 Å². The minimum atomic E-state index is -4.41. The third-order valence-electron chi connectivity index (χ3n) is 1.52. The van der Waals surface area contributed by atoms with Gasteiger partial charge < -0.3 is 4.55 Å². The maximum absolute atomic E-state index is 9.22. The Hall–Kier alpha value is -0.980. The van der Waals surface area contributed by atoms with E-state index < -0.39 is 10.4 Å². The normalized spacial score (nSPS) is 10.3. The van der Waals surface area contributed by atoms with E-state index in [9.17, 15) is 13.0 Å². The van der Waals surface area contributed by atoms with Crippen LogP contribution in [0.5, 0.6) is 0 Å². The van der Waals surface area contributed by atoms with Crippen molar-refractivity contribution in [1.82, 2.24) is 0 Å². The van der Waals surface area contributed by atoms with Crippen LogP contribution < -0.4 is 4.57 Å². The summed E-state index contributed by atoms with van der Waals surface area (Å²) in [6, 6.07) is 6.14. The summed E-state index contributed by atoms with van der Waals surface area (Å²) in [6.07, 6.45) is 2.04. The maximum atomic E-state index is 9.22. The van der Waals surface area contributed by atoms with Gasteiger partial charge in [0.15, 0.2) is 11.9 Å². The zero-order valence-corrected chi connectivity index (χ0v) is 9.11. The minimum absolute atomic E-state index is 0.808. The van der Waals surface area contributed by atoms with Gasteiger partial charge in [0.25, 0.3) is 0 Å². The molecule has 0 atom stereocenters. The molecule has 5 nitrogen and oxygen atoms in total.